The Hall–Kier alpha value is -1.06. The smallest absolute Gasteiger partial charge is 0.124 e. The number of hydrogen-bond acceptors (Lipinski definition) is 3. The van der Waals surface area contributed by atoms with Gasteiger partial charge in [0, 0.05) is 11.6 Å². The first-order chi connectivity index (χ1) is 8.27. The minimum absolute atomic E-state index is 0.0746. The van der Waals surface area contributed by atoms with Crippen LogP contribution in [0, 0.1) is 0 Å². The number of ether oxygens (including phenoxy) is 1. The van der Waals surface area contributed by atoms with Crippen molar-refractivity contribution in [3.63, 3.8) is 0 Å². The average molecular weight is 232 g/mol. The first-order valence-electron chi connectivity index (χ1n) is 6.46. The molecule has 1 aliphatic heterocycles. The summed E-state index contributed by atoms with van der Waals surface area (Å²) < 4.78 is 5.82. The Bertz CT molecular complexity index is 403. The van der Waals surface area contributed by atoms with Crippen LogP contribution in [0.4, 0.5) is 0 Å². The van der Waals surface area contributed by atoms with Crippen LogP contribution < -0.4 is 10.5 Å². The molecule has 2 atom stereocenters. The molecule has 0 spiro atoms. The molecule has 1 aromatic rings. The molecule has 3 rings (SSSR count). The van der Waals surface area contributed by atoms with E-state index in [1.807, 2.05) is 18.2 Å². The number of rotatable bonds is 2. The van der Waals surface area contributed by atoms with Crippen LogP contribution in [0.1, 0.15) is 30.9 Å². The predicted molar refractivity (Wildman–Crippen MR) is 68.1 cm³/mol. The summed E-state index contributed by atoms with van der Waals surface area (Å²) >= 11 is 0. The van der Waals surface area contributed by atoms with Crippen LogP contribution in [0.2, 0.25) is 0 Å². The normalized spacial score (nSPS) is 28.4. The van der Waals surface area contributed by atoms with E-state index in [1.54, 1.807) is 0 Å². The summed E-state index contributed by atoms with van der Waals surface area (Å²) in [6.07, 6.45) is 3.97. The summed E-state index contributed by atoms with van der Waals surface area (Å²) in [5.74, 6) is 0.957. The maximum atomic E-state index is 6.39. The zero-order chi connectivity index (χ0) is 11.8. The fraction of sp³-hybridized carbons (Fsp3) is 0.571. The van der Waals surface area contributed by atoms with E-state index in [0.717, 1.165) is 11.3 Å². The highest BCUT2D eigenvalue weighted by atomic mass is 16.5. The number of nitrogens with two attached hydrogens (primary N) is 1. The van der Waals surface area contributed by atoms with Crippen LogP contribution in [0.15, 0.2) is 24.3 Å². The van der Waals surface area contributed by atoms with Crippen LogP contribution >= 0.6 is 0 Å². The number of hydrogen-bond donors (Lipinski definition) is 1. The Morgan fingerprint density at radius 3 is 2.76 bits per heavy atom. The van der Waals surface area contributed by atoms with Gasteiger partial charge in [0.25, 0.3) is 0 Å². The fourth-order valence-corrected chi connectivity index (χ4v) is 2.81. The van der Waals surface area contributed by atoms with E-state index in [0.29, 0.717) is 18.7 Å². The second kappa shape index (κ2) is 4.31. The molecule has 1 saturated carbocycles. The van der Waals surface area contributed by atoms with Crippen LogP contribution in [0.5, 0.6) is 5.75 Å². The monoisotopic (exact) mass is 232 g/mol. The van der Waals surface area contributed by atoms with E-state index < -0.39 is 0 Å². The Balaban J connectivity index is 1.81. The molecular formula is C14H20N2O. The highest BCUT2D eigenvalue weighted by Gasteiger charge is 2.35. The van der Waals surface area contributed by atoms with Gasteiger partial charge in [0.15, 0.2) is 0 Å². The molecule has 1 aliphatic carbocycles. The van der Waals surface area contributed by atoms with Gasteiger partial charge in [-0.15, -0.1) is 0 Å². The summed E-state index contributed by atoms with van der Waals surface area (Å²) in [5.41, 5.74) is 7.53. The molecule has 0 saturated heterocycles. The molecule has 92 valence electrons. The van der Waals surface area contributed by atoms with Gasteiger partial charge in [0.2, 0.25) is 0 Å². The number of fused-ring (bicyclic) bond motifs is 1. The van der Waals surface area contributed by atoms with E-state index in [4.69, 9.17) is 10.5 Å². The molecular weight excluding hydrogens is 212 g/mol. The Morgan fingerprint density at radius 1 is 1.29 bits per heavy atom. The summed E-state index contributed by atoms with van der Waals surface area (Å²) in [7, 11) is 2.19. The van der Waals surface area contributed by atoms with E-state index in [-0.39, 0.29) is 6.04 Å². The van der Waals surface area contributed by atoms with Gasteiger partial charge in [-0.3, -0.25) is 4.90 Å². The lowest BCUT2D eigenvalue weighted by molar-refractivity contribution is 0.0528. The molecule has 0 amide bonds. The quantitative estimate of drug-likeness (QED) is 0.846. The number of benzene rings is 1. The van der Waals surface area contributed by atoms with Crippen LogP contribution in [0.3, 0.4) is 0 Å². The molecule has 2 N–H and O–H groups in total. The van der Waals surface area contributed by atoms with Crippen LogP contribution in [-0.2, 0) is 0 Å². The molecule has 0 radical (unpaired) electrons. The van der Waals surface area contributed by atoms with E-state index in [2.05, 4.69) is 18.0 Å². The van der Waals surface area contributed by atoms with Crippen LogP contribution in [-0.4, -0.2) is 30.6 Å². The van der Waals surface area contributed by atoms with Gasteiger partial charge in [-0.05, 0) is 26.0 Å². The van der Waals surface area contributed by atoms with Gasteiger partial charge < -0.3 is 10.5 Å². The molecule has 2 unspecified atom stereocenters. The van der Waals surface area contributed by atoms with Crippen molar-refractivity contribution in [2.75, 3.05) is 13.7 Å². The van der Waals surface area contributed by atoms with Gasteiger partial charge in [-0.1, -0.05) is 24.6 Å². The highest BCUT2D eigenvalue weighted by molar-refractivity contribution is 5.38. The van der Waals surface area contributed by atoms with Crippen molar-refractivity contribution in [1.82, 2.24) is 4.90 Å². The molecule has 17 heavy (non-hydrogen) atoms. The number of likely N-dealkylation sites (N-methyl/N-ethyl adjacent to an activating group) is 1. The summed E-state index contributed by atoms with van der Waals surface area (Å²) in [5, 5.41) is 0. The summed E-state index contributed by atoms with van der Waals surface area (Å²) in [6, 6.07) is 9.23. The summed E-state index contributed by atoms with van der Waals surface area (Å²) in [4.78, 5) is 2.42. The van der Waals surface area contributed by atoms with Crippen molar-refractivity contribution in [3.05, 3.63) is 29.8 Å². The van der Waals surface area contributed by atoms with Crippen molar-refractivity contribution < 1.29 is 4.74 Å². The second-order valence-corrected chi connectivity index (χ2v) is 5.19. The SMILES string of the molecule is CN(C1CCC1)C1COc2ccccc2C1N. The molecule has 1 heterocycles. The Kier molecular flexibility index (Phi) is 2.81. The van der Waals surface area contributed by atoms with Crippen molar-refractivity contribution in [2.24, 2.45) is 5.73 Å². The molecule has 3 nitrogen and oxygen atoms in total. The average Bonchev–Trinajstić information content (AvgIpc) is 2.27. The second-order valence-electron chi connectivity index (χ2n) is 5.19. The Morgan fingerprint density at radius 2 is 2.06 bits per heavy atom. The molecule has 1 fully saturated rings. The van der Waals surface area contributed by atoms with Gasteiger partial charge in [-0.2, -0.15) is 0 Å². The van der Waals surface area contributed by atoms with Gasteiger partial charge in [-0.25, -0.2) is 0 Å². The Labute approximate surface area is 103 Å². The lowest BCUT2D eigenvalue weighted by atomic mass is 9.88. The third-order valence-corrected chi connectivity index (χ3v) is 4.28. The lowest BCUT2D eigenvalue weighted by Gasteiger charge is -2.44. The van der Waals surface area contributed by atoms with Crippen LogP contribution in [0.25, 0.3) is 0 Å². The standard InChI is InChI=1S/C14H20N2O/c1-16(10-5-4-6-10)12-9-17-13-8-3-2-7-11(13)14(12)15/h2-3,7-8,10,12,14H,4-6,9,15H2,1H3. The zero-order valence-corrected chi connectivity index (χ0v) is 10.3. The largest absolute Gasteiger partial charge is 0.492 e. The fourth-order valence-electron chi connectivity index (χ4n) is 2.81. The first kappa shape index (κ1) is 11.1. The molecule has 2 aliphatic rings. The van der Waals surface area contributed by atoms with Crippen molar-refractivity contribution in [3.8, 4) is 5.75 Å². The lowest BCUT2D eigenvalue weighted by Crippen LogP contribution is -2.52. The topological polar surface area (TPSA) is 38.5 Å². The molecule has 0 aromatic heterocycles. The van der Waals surface area contributed by atoms with Crippen molar-refractivity contribution in [1.29, 1.82) is 0 Å². The first-order valence-corrected chi connectivity index (χ1v) is 6.46. The third kappa shape index (κ3) is 1.83. The molecule has 0 bridgehead atoms. The molecule has 1 aromatic carbocycles. The minimum atomic E-state index is 0.0746. The van der Waals surface area contributed by atoms with E-state index >= 15 is 0 Å². The van der Waals surface area contributed by atoms with Gasteiger partial charge in [0.1, 0.15) is 12.4 Å². The summed E-state index contributed by atoms with van der Waals surface area (Å²) in [6.45, 7) is 0.713. The van der Waals surface area contributed by atoms with Gasteiger partial charge >= 0.3 is 0 Å². The van der Waals surface area contributed by atoms with E-state index in [1.165, 1.54) is 19.3 Å². The highest BCUT2D eigenvalue weighted by Crippen LogP contribution is 2.35. The zero-order valence-electron chi connectivity index (χ0n) is 10.3. The number of nitrogens with zero attached hydrogens (tertiary/aromatic N) is 1. The van der Waals surface area contributed by atoms with E-state index in [9.17, 15) is 0 Å². The maximum Gasteiger partial charge on any atom is 0.124 e. The predicted octanol–water partition coefficient (Wildman–Crippen LogP) is 1.93. The minimum Gasteiger partial charge on any atom is -0.492 e. The van der Waals surface area contributed by atoms with Gasteiger partial charge in [0.05, 0.1) is 12.1 Å². The third-order valence-electron chi connectivity index (χ3n) is 4.28. The molecule has 3 heteroatoms. The number of para-hydroxylation sites is 1. The van der Waals surface area contributed by atoms with Crippen molar-refractivity contribution in [2.45, 2.75) is 37.4 Å². The van der Waals surface area contributed by atoms with Crippen molar-refractivity contribution >= 4 is 0 Å². The maximum absolute atomic E-state index is 6.39.